The zero-order chi connectivity index (χ0) is 15.0. The average molecular weight is 325 g/mol. The summed E-state index contributed by atoms with van der Waals surface area (Å²) < 4.78 is 0. The molecule has 21 heavy (non-hydrogen) atoms. The van der Waals surface area contributed by atoms with Crippen LogP contribution in [0.5, 0.6) is 5.88 Å². The Morgan fingerprint density at radius 3 is 2.57 bits per heavy atom. The van der Waals surface area contributed by atoms with Crippen LogP contribution in [0.25, 0.3) is 11.4 Å². The summed E-state index contributed by atoms with van der Waals surface area (Å²) in [4.78, 5) is 19.1. The SMILES string of the molecule is O=c1[nH]c(-c2ccc(Cl)cc2Cl)nc(O)c1C1CCCC1. The van der Waals surface area contributed by atoms with Crippen LogP contribution in [0.3, 0.4) is 0 Å². The highest BCUT2D eigenvalue weighted by Gasteiger charge is 2.25. The molecule has 2 aromatic rings. The summed E-state index contributed by atoms with van der Waals surface area (Å²) >= 11 is 12.0. The molecule has 6 heteroatoms. The number of halogens is 2. The zero-order valence-corrected chi connectivity index (χ0v) is 12.7. The molecule has 0 atom stereocenters. The summed E-state index contributed by atoms with van der Waals surface area (Å²) in [5.74, 6) is 0.142. The van der Waals surface area contributed by atoms with Crippen molar-refractivity contribution in [2.45, 2.75) is 31.6 Å². The van der Waals surface area contributed by atoms with Crippen LogP contribution in [0.15, 0.2) is 23.0 Å². The molecular formula is C15H14Cl2N2O2. The zero-order valence-electron chi connectivity index (χ0n) is 11.2. The van der Waals surface area contributed by atoms with E-state index in [1.807, 2.05) is 0 Å². The largest absolute Gasteiger partial charge is 0.493 e. The van der Waals surface area contributed by atoms with E-state index in [9.17, 15) is 9.90 Å². The molecule has 0 bridgehead atoms. The first-order valence-electron chi connectivity index (χ1n) is 6.85. The predicted octanol–water partition coefficient (Wildman–Crippen LogP) is 4.11. The summed E-state index contributed by atoms with van der Waals surface area (Å²) in [5.41, 5.74) is 0.628. The first kappa shape index (κ1) is 14.4. The Morgan fingerprint density at radius 1 is 1.24 bits per heavy atom. The summed E-state index contributed by atoms with van der Waals surface area (Å²) in [6.07, 6.45) is 3.99. The lowest BCUT2D eigenvalue weighted by atomic mass is 10.00. The quantitative estimate of drug-likeness (QED) is 0.873. The summed E-state index contributed by atoms with van der Waals surface area (Å²) in [5, 5.41) is 11.0. The standard InChI is InChI=1S/C15H14Cl2N2O2/c16-9-5-6-10(11(17)7-9)13-18-14(20)12(15(21)19-13)8-3-1-2-4-8/h5-8H,1-4H2,(H2,18,19,20,21). The van der Waals surface area contributed by atoms with Gasteiger partial charge in [0.25, 0.3) is 5.56 Å². The second-order valence-electron chi connectivity index (χ2n) is 5.26. The normalized spacial score (nSPS) is 15.5. The van der Waals surface area contributed by atoms with Crippen molar-refractivity contribution < 1.29 is 5.11 Å². The fourth-order valence-electron chi connectivity index (χ4n) is 2.86. The lowest BCUT2D eigenvalue weighted by molar-refractivity contribution is 0.436. The van der Waals surface area contributed by atoms with Crippen molar-refractivity contribution >= 4 is 23.2 Å². The first-order valence-corrected chi connectivity index (χ1v) is 7.60. The Morgan fingerprint density at radius 2 is 1.95 bits per heavy atom. The fraction of sp³-hybridized carbons (Fsp3) is 0.333. The Bertz CT molecular complexity index is 737. The highest BCUT2D eigenvalue weighted by atomic mass is 35.5. The van der Waals surface area contributed by atoms with Gasteiger partial charge in [0.2, 0.25) is 5.88 Å². The molecule has 4 nitrogen and oxygen atoms in total. The number of nitrogens with one attached hydrogen (secondary N) is 1. The third-order valence-electron chi connectivity index (χ3n) is 3.88. The Labute approximate surface area is 131 Å². The van der Waals surface area contributed by atoms with Crippen LogP contribution in [0.2, 0.25) is 10.0 Å². The highest BCUT2D eigenvalue weighted by Crippen LogP contribution is 2.36. The molecule has 1 aromatic heterocycles. The van der Waals surface area contributed by atoms with Gasteiger partial charge >= 0.3 is 0 Å². The summed E-state index contributed by atoms with van der Waals surface area (Å²) in [7, 11) is 0. The number of benzene rings is 1. The molecule has 0 saturated heterocycles. The third kappa shape index (κ3) is 2.78. The first-order chi connectivity index (χ1) is 10.1. The Kier molecular flexibility index (Phi) is 3.91. The van der Waals surface area contributed by atoms with Crippen LogP contribution >= 0.6 is 23.2 Å². The van der Waals surface area contributed by atoms with Crippen molar-refractivity contribution in [3.8, 4) is 17.3 Å². The lowest BCUT2D eigenvalue weighted by Crippen LogP contribution is -2.17. The minimum absolute atomic E-state index is 0.0935. The van der Waals surface area contributed by atoms with Crippen molar-refractivity contribution in [1.29, 1.82) is 0 Å². The molecule has 0 unspecified atom stereocenters. The van der Waals surface area contributed by atoms with E-state index in [1.54, 1.807) is 18.2 Å². The molecule has 1 aliphatic rings. The molecule has 1 aromatic carbocycles. The molecule has 1 aliphatic carbocycles. The van der Waals surface area contributed by atoms with Gasteiger partial charge in [0, 0.05) is 10.6 Å². The Hall–Kier alpha value is -1.52. The number of rotatable bonds is 2. The summed E-state index contributed by atoms with van der Waals surface area (Å²) in [6.45, 7) is 0. The monoisotopic (exact) mass is 324 g/mol. The van der Waals surface area contributed by atoms with Gasteiger partial charge in [-0.2, -0.15) is 4.98 Å². The van der Waals surface area contributed by atoms with Crippen LogP contribution in [0.4, 0.5) is 0 Å². The van der Waals surface area contributed by atoms with E-state index in [1.165, 1.54) is 0 Å². The number of aromatic nitrogens is 2. The molecule has 0 spiro atoms. The molecule has 1 fully saturated rings. The molecule has 0 aliphatic heterocycles. The van der Waals surface area contributed by atoms with Gasteiger partial charge in [0.05, 0.1) is 10.6 Å². The van der Waals surface area contributed by atoms with Crippen LogP contribution in [0.1, 0.15) is 37.2 Å². The third-order valence-corrected chi connectivity index (χ3v) is 4.43. The van der Waals surface area contributed by atoms with E-state index < -0.39 is 0 Å². The van der Waals surface area contributed by atoms with Gasteiger partial charge in [-0.15, -0.1) is 0 Å². The van der Waals surface area contributed by atoms with Gasteiger partial charge in [-0.1, -0.05) is 36.0 Å². The summed E-state index contributed by atoms with van der Waals surface area (Å²) in [6, 6.07) is 4.89. The van der Waals surface area contributed by atoms with Gasteiger partial charge in [0.15, 0.2) is 0 Å². The lowest BCUT2D eigenvalue weighted by Gasteiger charge is -2.11. The van der Waals surface area contributed by atoms with Crippen LogP contribution < -0.4 is 5.56 Å². The molecule has 1 saturated carbocycles. The molecule has 3 rings (SSSR count). The van der Waals surface area contributed by atoms with Gasteiger partial charge < -0.3 is 10.1 Å². The van der Waals surface area contributed by atoms with E-state index in [-0.39, 0.29) is 23.2 Å². The van der Waals surface area contributed by atoms with Gasteiger partial charge in [0.1, 0.15) is 5.82 Å². The number of nitrogens with zero attached hydrogens (tertiary/aromatic N) is 1. The van der Waals surface area contributed by atoms with Crippen molar-refractivity contribution in [2.24, 2.45) is 0 Å². The minimum Gasteiger partial charge on any atom is -0.493 e. The molecule has 0 amide bonds. The number of hydrogen-bond acceptors (Lipinski definition) is 3. The second-order valence-corrected chi connectivity index (χ2v) is 6.10. The van der Waals surface area contributed by atoms with Crippen molar-refractivity contribution in [1.82, 2.24) is 9.97 Å². The topological polar surface area (TPSA) is 66.0 Å². The van der Waals surface area contributed by atoms with Crippen LogP contribution in [-0.4, -0.2) is 15.1 Å². The maximum absolute atomic E-state index is 12.3. The predicted molar refractivity (Wildman–Crippen MR) is 83.2 cm³/mol. The maximum atomic E-state index is 12.3. The van der Waals surface area contributed by atoms with Crippen LogP contribution in [0, 0.1) is 0 Å². The van der Waals surface area contributed by atoms with E-state index >= 15 is 0 Å². The van der Waals surface area contributed by atoms with E-state index in [0.29, 0.717) is 21.2 Å². The van der Waals surface area contributed by atoms with E-state index in [4.69, 9.17) is 23.2 Å². The fourth-order valence-corrected chi connectivity index (χ4v) is 3.36. The molecule has 110 valence electrons. The number of aromatic hydroxyl groups is 1. The molecular weight excluding hydrogens is 311 g/mol. The molecule has 1 heterocycles. The average Bonchev–Trinajstić information content (AvgIpc) is 2.91. The van der Waals surface area contributed by atoms with Crippen molar-refractivity contribution in [3.63, 3.8) is 0 Å². The van der Waals surface area contributed by atoms with Gasteiger partial charge in [-0.25, -0.2) is 0 Å². The van der Waals surface area contributed by atoms with Crippen molar-refractivity contribution in [3.05, 3.63) is 44.2 Å². The smallest absolute Gasteiger partial charge is 0.258 e. The van der Waals surface area contributed by atoms with Crippen LogP contribution in [-0.2, 0) is 0 Å². The molecule has 2 N–H and O–H groups in total. The Balaban J connectivity index is 2.07. The minimum atomic E-state index is -0.296. The second kappa shape index (κ2) is 5.70. The number of H-pyrrole nitrogens is 1. The maximum Gasteiger partial charge on any atom is 0.258 e. The van der Waals surface area contributed by atoms with Gasteiger partial charge in [-0.05, 0) is 37.0 Å². The van der Waals surface area contributed by atoms with Gasteiger partial charge in [-0.3, -0.25) is 4.79 Å². The molecule has 0 radical (unpaired) electrons. The van der Waals surface area contributed by atoms with Crippen molar-refractivity contribution in [2.75, 3.05) is 0 Å². The number of hydrogen-bond donors (Lipinski definition) is 2. The van der Waals surface area contributed by atoms with E-state index in [2.05, 4.69) is 9.97 Å². The highest BCUT2D eigenvalue weighted by molar-refractivity contribution is 6.36. The number of aromatic amines is 1. The van der Waals surface area contributed by atoms with E-state index in [0.717, 1.165) is 25.7 Å².